The molecule has 1 aliphatic rings. The van der Waals surface area contributed by atoms with Crippen molar-refractivity contribution in [1.82, 2.24) is 10.3 Å². The largest absolute Gasteiger partial charge is 0.333 e. The molecule has 0 bridgehead atoms. The zero-order valence-corrected chi connectivity index (χ0v) is 12.0. The normalized spacial score (nSPS) is 21.1. The number of aromatic nitrogens is 1. The summed E-state index contributed by atoms with van der Waals surface area (Å²) in [7, 11) is 0. The van der Waals surface area contributed by atoms with Gasteiger partial charge in [0, 0.05) is 22.7 Å². The Bertz CT molecular complexity index is 800. The van der Waals surface area contributed by atoms with E-state index in [2.05, 4.69) is 16.4 Å². The number of para-hydroxylation sites is 1. The zero-order chi connectivity index (χ0) is 14.9. The number of nitrogens with one attached hydrogen (secondary N) is 2. The van der Waals surface area contributed by atoms with Crippen LogP contribution >= 0.6 is 11.8 Å². The van der Waals surface area contributed by atoms with Crippen molar-refractivity contribution >= 4 is 28.6 Å². The fraction of sp³-hybridized carbons (Fsp3) is 0.267. The third-order valence-electron chi connectivity index (χ3n) is 3.58. The first-order valence-electron chi connectivity index (χ1n) is 6.57. The Labute approximate surface area is 125 Å². The van der Waals surface area contributed by atoms with Crippen LogP contribution in [0.3, 0.4) is 0 Å². The van der Waals surface area contributed by atoms with E-state index in [0.29, 0.717) is 28.6 Å². The number of fused-ring (bicyclic) bond motifs is 1. The Morgan fingerprint density at radius 2 is 2.24 bits per heavy atom. The predicted molar refractivity (Wildman–Crippen MR) is 82.3 cm³/mol. The lowest BCUT2D eigenvalue weighted by Crippen LogP contribution is -2.47. The van der Waals surface area contributed by atoms with Crippen molar-refractivity contribution in [3.63, 3.8) is 0 Å². The van der Waals surface area contributed by atoms with Crippen LogP contribution in [0.1, 0.15) is 16.8 Å². The number of H-pyrrole nitrogens is 1. The number of pyridine rings is 1. The summed E-state index contributed by atoms with van der Waals surface area (Å²) < 4.78 is 0. The highest BCUT2D eigenvalue weighted by Crippen LogP contribution is 2.28. The number of nitriles is 1. The quantitative estimate of drug-likeness (QED) is 0.883. The summed E-state index contributed by atoms with van der Waals surface area (Å²) >= 11 is 1.64. The first kappa shape index (κ1) is 13.7. The van der Waals surface area contributed by atoms with Gasteiger partial charge >= 0.3 is 0 Å². The summed E-state index contributed by atoms with van der Waals surface area (Å²) in [6.45, 7) is 0. The molecule has 2 heterocycles. The van der Waals surface area contributed by atoms with E-state index >= 15 is 0 Å². The lowest BCUT2D eigenvalue weighted by atomic mass is 10.00. The van der Waals surface area contributed by atoms with Gasteiger partial charge < -0.3 is 10.3 Å². The number of carbonyl (C=O) groups is 1. The maximum Gasteiger partial charge on any atom is 0.253 e. The van der Waals surface area contributed by atoms with Gasteiger partial charge in [0.15, 0.2) is 0 Å². The minimum Gasteiger partial charge on any atom is -0.333 e. The molecule has 0 spiro atoms. The number of rotatable bonds is 2. The molecule has 106 valence electrons. The van der Waals surface area contributed by atoms with Crippen molar-refractivity contribution in [3.8, 4) is 6.07 Å². The predicted octanol–water partition coefficient (Wildman–Crippen LogP) is 1.66. The molecule has 0 saturated carbocycles. The van der Waals surface area contributed by atoms with Crippen molar-refractivity contribution in [1.29, 1.82) is 5.26 Å². The molecular weight excluding hydrogens is 286 g/mol. The molecule has 21 heavy (non-hydrogen) atoms. The average molecular weight is 299 g/mol. The number of amides is 1. The van der Waals surface area contributed by atoms with Crippen molar-refractivity contribution in [2.75, 3.05) is 11.5 Å². The molecular formula is C15H13N3O2S. The van der Waals surface area contributed by atoms with Crippen molar-refractivity contribution < 1.29 is 4.79 Å². The summed E-state index contributed by atoms with van der Waals surface area (Å²) in [6, 6.07) is 10.6. The Hall–Kier alpha value is -2.26. The van der Waals surface area contributed by atoms with Crippen LogP contribution in [-0.4, -0.2) is 27.9 Å². The van der Waals surface area contributed by atoms with E-state index in [9.17, 15) is 14.9 Å². The molecule has 0 aliphatic carbocycles. The van der Waals surface area contributed by atoms with Crippen molar-refractivity contribution in [2.45, 2.75) is 12.0 Å². The molecule has 5 nitrogen and oxygen atoms in total. The standard InChI is InChI=1S/C15H13N3O2S/c16-8-15(5-6-21-9-15)18-14(20)11-7-13(19)17-12-4-2-1-3-10(11)12/h1-4,7H,5-6,9H2,(H,17,19)(H,18,20). The number of carbonyl (C=O) groups excluding carboxylic acids is 1. The minimum atomic E-state index is -0.828. The maximum absolute atomic E-state index is 12.5. The van der Waals surface area contributed by atoms with E-state index in [-0.39, 0.29) is 11.5 Å². The Morgan fingerprint density at radius 3 is 2.95 bits per heavy atom. The highest BCUT2D eigenvalue weighted by Gasteiger charge is 2.36. The lowest BCUT2D eigenvalue weighted by Gasteiger charge is -2.21. The highest BCUT2D eigenvalue weighted by atomic mass is 32.2. The van der Waals surface area contributed by atoms with Crippen LogP contribution in [0.15, 0.2) is 35.1 Å². The Balaban J connectivity index is 2.02. The fourth-order valence-corrected chi connectivity index (χ4v) is 3.72. The minimum absolute atomic E-state index is 0.306. The second-order valence-electron chi connectivity index (χ2n) is 5.04. The molecule has 2 aromatic rings. The van der Waals surface area contributed by atoms with Crippen molar-refractivity contribution in [3.05, 3.63) is 46.2 Å². The summed E-state index contributed by atoms with van der Waals surface area (Å²) in [5, 5.41) is 12.8. The van der Waals surface area contributed by atoms with Gasteiger partial charge in [-0.15, -0.1) is 0 Å². The number of thioether (sulfide) groups is 1. The maximum atomic E-state index is 12.5. The van der Waals surface area contributed by atoms with Crippen LogP contribution in [0.2, 0.25) is 0 Å². The van der Waals surface area contributed by atoms with E-state index in [1.807, 2.05) is 6.07 Å². The van der Waals surface area contributed by atoms with Crippen LogP contribution in [0.5, 0.6) is 0 Å². The van der Waals surface area contributed by atoms with Gasteiger partial charge in [-0.05, 0) is 18.2 Å². The first-order chi connectivity index (χ1) is 10.1. The summed E-state index contributed by atoms with van der Waals surface area (Å²) in [5.41, 5.74) is -0.237. The lowest BCUT2D eigenvalue weighted by molar-refractivity contribution is 0.0927. The van der Waals surface area contributed by atoms with Crippen LogP contribution in [0.4, 0.5) is 0 Å². The second kappa shape index (κ2) is 5.26. The smallest absolute Gasteiger partial charge is 0.253 e. The molecule has 1 fully saturated rings. The molecule has 1 unspecified atom stereocenters. The number of aromatic amines is 1. The van der Waals surface area contributed by atoms with Gasteiger partial charge in [0.2, 0.25) is 5.56 Å². The van der Waals surface area contributed by atoms with Crippen LogP contribution < -0.4 is 10.9 Å². The van der Waals surface area contributed by atoms with Gasteiger partial charge in [-0.2, -0.15) is 17.0 Å². The number of nitrogens with zero attached hydrogens (tertiary/aromatic N) is 1. The molecule has 1 aromatic heterocycles. The molecule has 1 amide bonds. The second-order valence-corrected chi connectivity index (χ2v) is 6.15. The fourth-order valence-electron chi connectivity index (χ4n) is 2.46. The third-order valence-corrected chi connectivity index (χ3v) is 4.77. The van der Waals surface area contributed by atoms with Crippen molar-refractivity contribution in [2.24, 2.45) is 0 Å². The van der Waals surface area contributed by atoms with Crippen LogP contribution in [0.25, 0.3) is 10.9 Å². The number of benzene rings is 1. The summed E-state index contributed by atoms with van der Waals surface area (Å²) in [4.78, 5) is 26.9. The molecule has 6 heteroatoms. The number of hydrogen-bond acceptors (Lipinski definition) is 4. The van der Waals surface area contributed by atoms with Gasteiger partial charge in [-0.1, -0.05) is 18.2 Å². The monoisotopic (exact) mass is 299 g/mol. The third kappa shape index (κ3) is 2.52. The van der Waals surface area contributed by atoms with Gasteiger partial charge in [-0.3, -0.25) is 9.59 Å². The van der Waals surface area contributed by atoms with Crippen LogP contribution in [-0.2, 0) is 0 Å². The SMILES string of the molecule is N#CC1(NC(=O)c2cc(=O)[nH]c3ccccc23)CCSC1. The van der Waals surface area contributed by atoms with E-state index in [4.69, 9.17) is 0 Å². The first-order valence-corrected chi connectivity index (χ1v) is 7.73. The van der Waals surface area contributed by atoms with E-state index in [1.54, 1.807) is 30.0 Å². The molecule has 1 atom stereocenters. The van der Waals surface area contributed by atoms with E-state index in [1.165, 1.54) is 6.07 Å². The molecule has 1 aromatic carbocycles. The van der Waals surface area contributed by atoms with Crippen LogP contribution in [0, 0.1) is 11.3 Å². The van der Waals surface area contributed by atoms with Gasteiger partial charge in [-0.25, -0.2) is 0 Å². The van der Waals surface area contributed by atoms with Gasteiger partial charge in [0.25, 0.3) is 5.91 Å². The van der Waals surface area contributed by atoms with Gasteiger partial charge in [0.1, 0.15) is 5.54 Å². The summed E-state index contributed by atoms with van der Waals surface area (Å²) in [6.07, 6.45) is 0.626. The zero-order valence-electron chi connectivity index (χ0n) is 11.2. The summed E-state index contributed by atoms with van der Waals surface area (Å²) in [5.74, 6) is 1.06. The molecule has 1 aliphatic heterocycles. The highest BCUT2D eigenvalue weighted by molar-refractivity contribution is 7.99. The Morgan fingerprint density at radius 1 is 1.43 bits per heavy atom. The Kier molecular flexibility index (Phi) is 3.43. The molecule has 2 N–H and O–H groups in total. The topological polar surface area (TPSA) is 85.8 Å². The van der Waals surface area contributed by atoms with Gasteiger partial charge in [0.05, 0.1) is 11.6 Å². The van der Waals surface area contributed by atoms with E-state index < -0.39 is 5.54 Å². The average Bonchev–Trinajstić information content (AvgIpc) is 2.95. The van der Waals surface area contributed by atoms with E-state index in [0.717, 1.165) is 5.75 Å². The molecule has 3 rings (SSSR count). The molecule has 0 radical (unpaired) electrons. The number of hydrogen-bond donors (Lipinski definition) is 2. The molecule has 1 saturated heterocycles.